The first-order chi connectivity index (χ1) is 22.0. The molecule has 0 saturated carbocycles. The highest BCUT2D eigenvalue weighted by atomic mass is 31.1. The topological polar surface area (TPSA) is 35.6 Å². The summed E-state index contributed by atoms with van der Waals surface area (Å²) in [7, 11) is -1.22. The summed E-state index contributed by atoms with van der Waals surface area (Å²) >= 11 is 0. The Balaban J connectivity index is 1.57. The number of nitrogens with zero attached hydrogens (tertiary/aromatic N) is 4. The van der Waals surface area contributed by atoms with Gasteiger partial charge in [0.05, 0.1) is 30.7 Å². The average molecular weight is 603 g/mol. The third-order valence-corrected chi connectivity index (χ3v) is 10.5. The van der Waals surface area contributed by atoms with Gasteiger partial charge in [-0.25, -0.2) is 9.97 Å². The van der Waals surface area contributed by atoms with Gasteiger partial charge in [0.25, 0.3) is 0 Å². The van der Waals surface area contributed by atoms with Crippen molar-refractivity contribution in [1.82, 2.24) is 19.1 Å². The molecule has 0 atom stereocenters. The summed E-state index contributed by atoms with van der Waals surface area (Å²) in [5, 5.41) is 1.20. The first-order valence-corrected chi connectivity index (χ1v) is 16.6. The van der Waals surface area contributed by atoms with Crippen LogP contribution in [0.2, 0.25) is 0 Å². The molecule has 220 valence electrons. The van der Waals surface area contributed by atoms with Crippen LogP contribution < -0.4 is 16.4 Å². The van der Waals surface area contributed by atoms with Gasteiger partial charge < -0.3 is 0 Å². The van der Waals surface area contributed by atoms with E-state index in [1.165, 1.54) is 38.9 Å². The van der Waals surface area contributed by atoms with Crippen LogP contribution in [0, 0.1) is 27.7 Å². The normalized spacial score (nSPS) is 11.3. The van der Waals surface area contributed by atoms with Gasteiger partial charge in [-0.05, 0) is 55.3 Å². The van der Waals surface area contributed by atoms with E-state index in [0.29, 0.717) is 0 Å². The number of hydrogen-bond acceptors (Lipinski definition) is 2. The van der Waals surface area contributed by atoms with Crippen molar-refractivity contribution >= 4 is 24.4 Å². The molecule has 5 heteroatoms. The second-order valence-corrected chi connectivity index (χ2v) is 13.5. The molecular weight excluding hydrogens is 567 g/mol. The molecule has 0 saturated heterocycles. The van der Waals surface area contributed by atoms with E-state index in [9.17, 15) is 0 Å². The van der Waals surface area contributed by atoms with Crippen molar-refractivity contribution in [3.05, 3.63) is 162 Å². The summed E-state index contributed by atoms with van der Waals surface area (Å²) in [6, 6.07) is 44.7. The summed E-state index contributed by atoms with van der Waals surface area (Å²) in [6.07, 6.45) is 4.42. The Kier molecular flexibility index (Phi) is 7.75. The lowest BCUT2D eigenvalue weighted by atomic mass is 10.1. The molecule has 0 aliphatic rings. The fraction of sp³-hybridized carbons (Fsp3) is 0.100. The van der Waals surface area contributed by atoms with Crippen molar-refractivity contribution in [2.75, 3.05) is 0 Å². The van der Waals surface area contributed by atoms with Crippen molar-refractivity contribution in [2.45, 2.75) is 27.7 Å². The smallest absolute Gasteiger partial charge is 0.149 e. The highest BCUT2D eigenvalue weighted by molar-refractivity contribution is 7.79. The number of para-hydroxylation sites is 2. The van der Waals surface area contributed by atoms with Crippen LogP contribution in [-0.2, 0) is 0 Å². The van der Waals surface area contributed by atoms with Crippen LogP contribution in [0.5, 0.6) is 0 Å². The molecule has 0 radical (unpaired) electrons. The molecular formula is C40H35N4P. The zero-order valence-corrected chi connectivity index (χ0v) is 26.9. The van der Waals surface area contributed by atoms with E-state index in [4.69, 9.17) is 9.97 Å². The van der Waals surface area contributed by atoms with Crippen molar-refractivity contribution in [2.24, 2.45) is 0 Å². The Morgan fingerprint density at radius 2 is 0.778 bits per heavy atom. The van der Waals surface area contributed by atoms with Gasteiger partial charge in [-0.15, -0.1) is 0 Å². The second-order valence-electron chi connectivity index (χ2n) is 11.5. The Morgan fingerprint density at radius 3 is 1.16 bits per heavy atom. The van der Waals surface area contributed by atoms with Gasteiger partial charge in [-0.1, -0.05) is 127 Å². The Labute approximate surface area is 266 Å². The van der Waals surface area contributed by atoms with Crippen LogP contribution in [0.25, 0.3) is 33.9 Å². The Bertz CT molecular complexity index is 1920. The number of aromatic nitrogens is 4. The van der Waals surface area contributed by atoms with Crippen molar-refractivity contribution in [1.29, 1.82) is 0 Å². The molecule has 0 aliphatic carbocycles. The molecule has 2 aromatic heterocycles. The van der Waals surface area contributed by atoms with Crippen LogP contribution in [0.3, 0.4) is 0 Å². The number of aryl methyl sites for hydroxylation is 4. The standard InChI is InChI=1S/C40H35N4P/c1-28-16-14-17-29(2)37(28)43-26-35(32-20-8-5-9-21-32)41-39(43)45(34-24-12-7-13-25-34)40-42-36(33-22-10-6-11-23-33)27-44(40)38-30(3)18-15-19-31(38)4/h5-27H,1-4H3. The van der Waals surface area contributed by atoms with Gasteiger partial charge in [0.15, 0.2) is 0 Å². The van der Waals surface area contributed by atoms with Crippen LogP contribution in [0.4, 0.5) is 0 Å². The van der Waals surface area contributed by atoms with Gasteiger partial charge in [-0.2, -0.15) is 0 Å². The van der Waals surface area contributed by atoms with Gasteiger partial charge in [-0.3, -0.25) is 9.13 Å². The van der Waals surface area contributed by atoms with Gasteiger partial charge in [0.2, 0.25) is 0 Å². The number of rotatable bonds is 7. The molecule has 0 fully saturated rings. The summed E-state index contributed by atoms with van der Waals surface area (Å²) < 4.78 is 4.66. The second kappa shape index (κ2) is 12.1. The van der Waals surface area contributed by atoms with E-state index >= 15 is 0 Å². The van der Waals surface area contributed by atoms with Crippen LogP contribution >= 0.6 is 7.92 Å². The summed E-state index contributed by atoms with van der Waals surface area (Å²) in [4.78, 5) is 11.0. The van der Waals surface area contributed by atoms with Crippen molar-refractivity contribution < 1.29 is 0 Å². The third-order valence-electron chi connectivity index (χ3n) is 8.29. The lowest BCUT2D eigenvalue weighted by molar-refractivity contribution is 1.05. The molecule has 2 heterocycles. The fourth-order valence-electron chi connectivity index (χ4n) is 6.15. The number of imidazole rings is 2. The van der Waals surface area contributed by atoms with Gasteiger partial charge in [0.1, 0.15) is 11.1 Å². The zero-order valence-electron chi connectivity index (χ0n) is 26.0. The lowest BCUT2D eigenvalue weighted by Crippen LogP contribution is -2.32. The highest BCUT2D eigenvalue weighted by Gasteiger charge is 2.31. The maximum atomic E-state index is 5.49. The fourth-order valence-corrected chi connectivity index (χ4v) is 8.42. The van der Waals surface area contributed by atoms with E-state index in [0.717, 1.165) is 33.6 Å². The molecule has 5 aromatic carbocycles. The molecule has 7 rings (SSSR count). The summed E-state index contributed by atoms with van der Waals surface area (Å²) in [5.74, 6) is 0. The predicted molar refractivity (Wildman–Crippen MR) is 189 cm³/mol. The Morgan fingerprint density at radius 1 is 0.422 bits per heavy atom. The minimum atomic E-state index is -1.22. The molecule has 0 bridgehead atoms. The van der Waals surface area contributed by atoms with E-state index in [1.54, 1.807) is 0 Å². The predicted octanol–water partition coefficient (Wildman–Crippen LogP) is 8.38. The number of benzene rings is 5. The maximum Gasteiger partial charge on any atom is 0.149 e. The molecule has 0 amide bonds. The SMILES string of the molecule is Cc1cccc(C)c1-n1cc(-c2ccccc2)nc1P(c1ccccc1)c1nc(-c2ccccc2)cn1-c1c(C)cccc1C. The zero-order chi connectivity index (χ0) is 30.9. The van der Waals surface area contributed by atoms with Gasteiger partial charge in [0, 0.05) is 23.5 Å². The van der Waals surface area contributed by atoms with Crippen LogP contribution in [-0.4, -0.2) is 19.1 Å². The maximum absolute atomic E-state index is 5.49. The van der Waals surface area contributed by atoms with E-state index in [1.807, 2.05) is 0 Å². The molecule has 0 aliphatic heterocycles. The molecule has 0 N–H and O–H groups in total. The van der Waals surface area contributed by atoms with Crippen LogP contribution in [0.1, 0.15) is 22.3 Å². The molecule has 45 heavy (non-hydrogen) atoms. The summed E-state index contributed by atoms with van der Waals surface area (Å²) in [6.45, 7) is 8.74. The monoisotopic (exact) mass is 602 g/mol. The number of hydrogen-bond donors (Lipinski definition) is 0. The van der Waals surface area contributed by atoms with Crippen molar-refractivity contribution in [3.63, 3.8) is 0 Å². The highest BCUT2D eigenvalue weighted by Crippen LogP contribution is 2.38. The Hall–Kier alpha value is -5.05. The largest absolute Gasteiger partial charge is 0.298 e. The van der Waals surface area contributed by atoms with Crippen LogP contribution in [0.15, 0.2) is 140 Å². The van der Waals surface area contributed by atoms with E-state index < -0.39 is 7.92 Å². The molecule has 0 unspecified atom stereocenters. The summed E-state index contributed by atoms with van der Waals surface area (Å²) in [5.41, 5.74) is 13.2. The van der Waals surface area contributed by atoms with Gasteiger partial charge >= 0.3 is 0 Å². The third kappa shape index (κ3) is 5.43. The minimum Gasteiger partial charge on any atom is -0.298 e. The molecule has 0 spiro atoms. The lowest BCUT2D eigenvalue weighted by Gasteiger charge is -2.22. The average Bonchev–Trinajstić information content (AvgIpc) is 3.68. The molecule has 4 nitrogen and oxygen atoms in total. The van der Waals surface area contributed by atoms with Crippen molar-refractivity contribution in [3.8, 4) is 33.9 Å². The first-order valence-electron chi connectivity index (χ1n) is 15.3. The minimum absolute atomic E-state index is 0.949. The molecule has 7 aromatic rings. The first kappa shape index (κ1) is 28.7. The van der Waals surface area contributed by atoms with E-state index in [-0.39, 0.29) is 0 Å². The quantitative estimate of drug-likeness (QED) is 0.172. The van der Waals surface area contributed by atoms with E-state index in [2.05, 4.69) is 177 Å².